The maximum absolute atomic E-state index is 12.9. The Hall–Kier alpha value is -4.24. The Labute approximate surface area is 208 Å². The van der Waals surface area contributed by atoms with Crippen LogP contribution in [0.1, 0.15) is 28.6 Å². The summed E-state index contributed by atoms with van der Waals surface area (Å²) in [6.45, 7) is 1.71. The molecule has 2 unspecified atom stereocenters. The monoisotopic (exact) mass is 489 g/mol. The average molecular weight is 490 g/mol. The summed E-state index contributed by atoms with van der Waals surface area (Å²) in [5, 5.41) is 12.5. The molecule has 5 rings (SSSR count). The fourth-order valence-electron chi connectivity index (χ4n) is 4.57. The lowest BCUT2D eigenvalue weighted by molar-refractivity contribution is 0.0332. The lowest BCUT2D eigenvalue weighted by atomic mass is 10.1. The van der Waals surface area contributed by atoms with Crippen LogP contribution in [0.5, 0.6) is 17.2 Å². The number of ether oxygens (including phenoxy) is 4. The zero-order chi connectivity index (χ0) is 25.2. The summed E-state index contributed by atoms with van der Waals surface area (Å²) in [6.07, 6.45) is 0.611. The number of anilines is 1. The van der Waals surface area contributed by atoms with Crippen molar-refractivity contribution in [2.24, 2.45) is 0 Å². The van der Waals surface area contributed by atoms with Crippen molar-refractivity contribution in [3.8, 4) is 17.2 Å². The van der Waals surface area contributed by atoms with E-state index in [1.807, 2.05) is 53.9 Å². The number of aliphatic hydroxyl groups is 1. The van der Waals surface area contributed by atoms with Crippen LogP contribution in [0.4, 0.5) is 10.5 Å². The highest BCUT2D eigenvalue weighted by atomic mass is 16.6. The first-order valence-electron chi connectivity index (χ1n) is 11.5. The number of nitrogens with zero attached hydrogens (tertiary/aromatic N) is 2. The Balaban J connectivity index is 1.41. The Bertz CT molecular complexity index is 1420. The number of methoxy groups -OCH3 is 2. The molecule has 2 aromatic heterocycles. The number of fused-ring (bicyclic) bond motifs is 2. The number of hydrogen-bond acceptors (Lipinski definition) is 7. The molecule has 36 heavy (non-hydrogen) atoms. The van der Waals surface area contributed by atoms with Crippen LogP contribution in [0.15, 0.2) is 60.8 Å². The van der Waals surface area contributed by atoms with Gasteiger partial charge in [-0.2, -0.15) is 0 Å². The highest BCUT2D eigenvalue weighted by molar-refractivity contribution is 5.87. The number of aryl methyl sites for hydroxylation is 1. The molecule has 9 heteroatoms. The van der Waals surface area contributed by atoms with Gasteiger partial charge in [0.25, 0.3) is 0 Å². The van der Waals surface area contributed by atoms with Gasteiger partial charge in [0, 0.05) is 18.7 Å². The molecule has 0 radical (unpaired) electrons. The second-order valence-electron chi connectivity index (χ2n) is 8.44. The molecule has 0 bridgehead atoms. The molecule has 4 aromatic rings. The van der Waals surface area contributed by atoms with Gasteiger partial charge >= 0.3 is 6.09 Å². The van der Waals surface area contributed by atoms with Gasteiger partial charge in [0.05, 0.1) is 37.9 Å². The third-order valence-corrected chi connectivity index (χ3v) is 6.34. The van der Waals surface area contributed by atoms with Gasteiger partial charge in [0.15, 0.2) is 17.5 Å². The number of aromatic nitrogens is 2. The van der Waals surface area contributed by atoms with Crippen molar-refractivity contribution in [2.45, 2.75) is 32.2 Å². The fourth-order valence-corrected chi connectivity index (χ4v) is 4.57. The van der Waals surface area contributed by atoms with Crippen molar-refractivity contribution in [3.05, 3.63) is 83.3 Å². The van der Waals surface area contributed by atoms with Crippen LogP contribution in [0.3, 0.4) is 0 Å². The molecular formula is C27H27N3O6. The highest BCUT2D eigenvalue weighted by Crippen LogP contribution is 2.38. The summed E-state index contributed by atoms with van der Waals surface area (Å²) in [5.41, 5.74) is 4.47. The van der Waals surface area contributed by atoms with E-state index < -0.39 is 18.3 Å². The highest BCUT2D eigenvalue weighted by Gasteiger charge is 2.37. The Morgan fingerprint density at radius 1 is 1.11 bits per heavy atom. The quantitative estimate of drug-likeness (QED) is 0.395. The number of amides is 1. The molecule has 0 saturated heterocycles. The topological polar surface area (TPSA) is 104 Å². The van der Waals surface area contributed by atoms with Crippen molar-refractivity contribution >= 4 is 17.4 Å². The van der Waals surface area contributed by atoms with Crippen LogP contribution in [0, 0.1) is 6.92 Å². The number of rotatable bonds is 7. The summed E-state index contributed by atoms with van der Waals surface area (Å²) >= 11 is 0. The first kappa shape index (κ1) is 23.5. The molecule has 2 aromatic carbocycles. The van der Waals surface area contributed by atoms with Crippen molar-refractivity contribution in [2.75, 3.05) is 19.5 Å². The van der Waals surface area contributed by atoms with E-state index in [1.165, 1.54) is 7.11 Å². The maximum Gasteiger partial charge on any atom is 0.412 e. The van der Waals surface area contributed by atoms with Crippen molar-refractivity contribution in [3.63, 3.8) is 0 Å². The van der Waals surface area contributed by atoms with E-state index in [9.17, 15) is 9.90 Å². The van der Waals surface area contributed by atoms with E-state index >= 15 is 0 Å². The molecule has 9 nitrogen and oxygen atoms in total. The summed E-state index contributed by atoms with van der Waals surface area (Å²) < 4.78 is 24.7. The van der Waals surface area contributed by atoms with Crippen molar-refractivity contribution in [1.82, 2.24) is 9.38 Å². The maximum atomic E-state index is 12.9. The Morgan fingerprint density at radius 2 is 1.94 bits per heavy atom. The van der Waals surface area contributed by atoms with Crippen LogP contribution in [0.2, 0.25) is 0 Å². The molecule has 0 aliphatic heterocycles. The minimum absolute atomic E-state index is 0.135. The van der Waals surface area contributed by atoms with Crippen molar-refractivity contribution < 1.29 is 28.8 Å². The fraction of sp³-hybridized carbons (Fsp3) is 0.259. The largest absolute Gasteiger partial charge is 0.497 e. The lowest BCUT2D eigenvalue weighted by Crippen LogP contribution is -2.28. The number of hydrogen-bond donors (Lipinski definition) is 2. The number of pyridine rings is 1. The predicted octanol–water partition coefficient (Wildman–Crippen LogP) is 4.45. The van der Waals surface area contributed by atoms with Gasteiger partial charge in [-0.05, 0) is 42.3 Å². The molecular weight excluding hydrogens is 462 g/mol. The molecule has 1 amide bonds. The molecule has 0 spiro atoms. The molecule has 0 saturated carbocycles. The summed E-state index contributed by atoms with van der Waals surface area (Å²) in [6, 6.07) is 16.6. The average Bonchev–Trinajstić information content (AvgIpc) is 3.40. The van der Waals surface area contributed by atoms with E-state index in [0.717, 1.165) is 16.8 Å². The third kappa shape index (κ3) is 4.29. The summed E-state index contributed by atoms with van der Waals surface area (Å²) in [5.74, 6) is 1.60. The Kier molecular flexibility index (Phi) is 6.39. The van der Waals surface area contributed by atoms with Crippen LogP contribution >= 0.6 is 0 Å². The Morgan fingerprint density at radius 3 is 2.72 bits per heavy atom. The van der Waals surface area contributed by atoms with Gasteiger partial charge in [0.2, 0.25) is 0 Å². The van der Waals surface area contributed by atoms with Crippen LogP contribution in [-0.2, 0) is 17.8 Å². The molecule has 2 atom stereocenters. The lowest BCUT2D eigenvalue weighted by Gasteiger charge is -2.23. The van der Waals surface area contributed by atoms with Gasteiger partial charge in [0.1, 0.15) is 17.6 Å². The normalized spacial score (nSPS) is 16.4. The number of aliphatic hydroxyl groups excluding tert-OH is 1. The minimum Gasteiger partial charge on any atom is -0.497 e. The van der Waals surface area contributed by atoms with Gasteiger partial charge in [-0.25, -0.2) is 9.78 Å². The van der Waals surface area contributed by atoms with E-state index in [1.54, 1.807) is 25.3 Å². The van der Waals surface area contributed by atoms with E-state index in [2.05, 4.69) is 10.3 Å². The molecule has 2 N–H and O–H groups in total. The smallest absolute Gasteiger partial charge is 0.412 e. The predicted molar refractivity (Wildman–Crippen MR) is 133 cm³/mol. The number of imidazole rings is 1. The van der Waals surface area contributed by atoms with E-state index in [4.69, 9.17) is 18.9 Å². The van der Waals surface area contributed by atoms with E-state index in [-0.39, 0.29) is 6.61 Å². The zero-order valence-corrected chi connectivity index (χ0v) is 20.2. The minimum atomic E-state index is -0.623. The number of carbonyl (C=O) groups is 1. The second-order valence-corrected chi connectivity index (χ2v) is 8.44. The van der Waals surface area contributed by atoms with Crippen LogP contribution in [-0.4, -0.2) is 40.9 Å². The SMILES string of the molecule is COc1ccc(NC(=O)OC2Cc3ccccc3C2Oc2cccn3c(CO)c(C)nc23)c(OC)c1. The van der Waals surface area contributed by atoms with Crippen LogP contribution in [0.25, 0.3) is 5.65 Å². The number of benzene rings is 2. The van der Waals surface area contributed by atoms with Crippen molar-refractivity contribution in [1.29, 1.82) is 0 Å². The van der Waals surface area contributed by atoms with Gasteiger partial charge in [-0.15, -0.1) is 0 Å². The van der Waals surface area contributed by atoms with Gasteiger partial charge < -0.3 is 24.1 Å². The standard InChI is InChI=1S/C27H27N3O6/c1-16-21(15-31)30-12-6-9-22(26(30)28-16)35-25-19-8-5-4-7-17(19)13-24(25)36-27(32)29-20-11-10-18(33-2)14-23(20)34-3/h4-12,14,24-25,31H,13,15H2,1-3H3,(H,29,32). The zero-order valence-electron chi connectivity index (χ0n) is 20.2. The number of nitrogens with one attached hydrogen (secondary N) is 1. The molecule has 1 aliphatic carbocycles. The third-order valence-electron chi connectivity index (χ3n) is 6.34. The molecule has 186 valence electrons. The van der Waals surface area contributed by atoms with E-state index in [0.29, 0.717) is 40.7 Å². The van der Waals surface area contributed by atoms with Gasteiger partial charge in [-0.1, -0.05) is 24.3 Å². The first-order chi connectivity index (χ1) is 17.5. The molecule has 2 heterocycles. The molecule has 0 fully saturated rings. The summed E-state index contributed by atoms with van der Waals surface area (Å²) in [4.78, 5) is 17.5. The summed E-state index contributed by atoms with van der Waals surface area (Å²) in [7, 11) is 3.08. The number of carbonyl (C=O) groups excluding carboxylic acids is 1. The first-order valence-corrected chi connectivity index (χ1v) is 11.5. The van der Waals surface area contributed by atoms with Crippen LogP contribution < -0.4 is 19.5 Å². The second kappa shape index (κ2) is 9.79. The molecule has 1 aliphatic rings. The van der Waals surface area contributed by atoms with Gasteiger partial charge in [-0.3, -0.25) is 9.72 Å².